The SMILES string of the molecule is CCNC(=NCc1ccccc1OCC1CC1)NCCc1cccc(O)c1. The van der Waals surface area contributed by atoms with E-state index in [4.69, 9.17) is 9.73 Å². The summed E-state index contributed by atoms with van der Waals surface area (Å²) in [6, 6.07) is 15.5. The highest BCUT2D eigenvalue weighted by molar-refractivity contribution is 5.79. The van der Waals surface area contributed by atoms with Gasteiger partial charge in [-0.15, -0.1) is 0 Å². The number of rotatable bonds is 9. The number of phenols is 1. The first-order valence-electron chi connectivity index (χ1n) is 9.75. The summed E-state index contributed by atoms with van der Waals surface area (Å²) in [6.45, 7) is 4.98. The molecule has 0 atom stereocenters. The van der Waals surface area contributed by atoms with Gasteiger partial charge in [-0.05, 0) is 55.9 Å². The van der Waals surface area contributed by atoms with Crippen molar-refractivity contribution in [1.29, 1.82) is 0 Å². The summed E-state index contributed by atoms with van der Waals surface area (Å²) >= 11 is 0. The topological polar surface area (TPSA) is 65.9 Å². The highest BCUT2D eigenvalue weighted by Gasteiger charge is 2.22. The third kappa shape index (κ3) is 6.51. The molecule has 3 N–H and O–H groups in total. The van der Waals surface area contributed by atoms with Crippen LogP contribution in [0, 0.1) is 5.92 Å². The fraction of sp³-hybridized carbons (Fsp3) is 0.409. The van der Waals surface area contributed by atoms with Gasteiger partial charge in [-0.2, -0.15) is 0 Å². The molecule has 27 heavy (non-hydrogen) atoms. The number of aromatic hydroxyl groups is 1. The Balaban J connectivity index is 1.55. The van der Waals surface area contributed by atoms with Crippen LogP contribution in [-0.4, -0.2) is 30.8 Å². The molecule has 0 amide bonds. The molecule has 1 saturated carbocycles. The Morgan fingerprint density at radius 3 is 2.78 bits per heavy atom. The van der Waals surface area contributed by atoms with Crippen LogP contribution in [0.25, 0.3) is 0 Å². The zero-order valence-electron chi connectivity index (χ0n) is 15.9. The molecule has 0 unspecified atom stereocenters. The van der Waals surface area contributed by atoms with Crippen LogP contribution in [0.4, 0.5) is 0 Å². The Hall–Kier alpha value is -2.69. The number of aliphatic imine (C=N–C) groups is 1. The van der Waals surface area contributed by atoms with Crippen molar-refractivity contribution in [2.75, 3.05) is 19.7 Å². The van der Waals surface area contributed by atoms with Crippen LogP contribution in [0.5, 0.6) is 11.5 Å². The fourth-order valence-corrected chi connectivity index (χ4v) is 2.81. The highest BCUT2D eigenvalue weighted by atomic mass is 16.5. The highest BCUT2D eigenvalue weighted by Crippen LogP contribution is 2.30. The molecule has 5 nitrogen and oxygen atoms in total. The molecule has 0 aromatic heterocycles. The van der Waals surface area contributed by atoms with Gasteiger partial charge in [-0.3, -0.25) is 0 Å². The van der Waals surface area contributed by atoms with E-state index in [1.54, 1.807) is 12.1 Å². The van der Waals surface area contributed by atoms with Gasteiger partial charge >= 0.3 is 0 Å². The molecule has 1 fully saturated rings. The molecule has 0 bridgehead atoms. The molecule has 144 valence electrons. The van der Waals surface area contributed by atoms with Crippen LogP contribution in [0.3, 0.4) is 0 Å². The summed E-state index contributed by atoms with van der Waals surface area (Å²) < 4.78 is 5.97. The summed E-state index contributed by atoms with van der Waals surface area (Å²) in [4.78, 5) is 4.70. The van der Waals surface area contributed by atoms with Crippen molar-refractivity contribution >= 4 is 5.96 Å². The lowest BCUT2D eigenvalue weighted by molar-refractivity contribution is 0.297. The summed E-state index contributed by atoms with van der Waals surface area (Å²) in [5.41, 5.74) is 2.19. The van der Waals surface area contributed by atoms with Gasteiger partial charge in [0.1, 0.15) is 11.5 Å². The van der Waals surface area contributed by atoms with E-state index in [0.29, 0.717) is 12.3 Å². The molecule has 1 aliphatic rings. The summed E-state index contributed by atoms with van der Waals surface area (Å²) in [5.74, 6) is 2.76. The van der Waals surface area contributed by atoms with Crippen molar-refractivity contribution in [3.05, 3.63) is 59.7 Å². The molecule has 0 aliphatic heterocycles. The minimum absolute atomic E-state index is 0.302. The van der Waals surface area contributed by atoms with Crippen LogP contribution < -0.4 is 15.4 Å². The maximum atomic E-state index is 9.56. The van der Waals surface area contributed by atoms with Gasteiger partial charge in [0, 0.05) is 18.7 Å². The van der Waals surface area contributed by atoms with E-state index in [9.17, 15) is 5.11 Å². The minimum atomic E-state index is 0.302. The van der Waals surface area contributed by atoms with Gasteiger partial charge < -0.3 is 20.5 Å². The molecule has 0 spiro atoms. The Morgan fingerprint density at radius 1 is 1.15 bits per heavy atom. The van der Waals surface area contributed by atoms with Gasteiger partial charge in [-0.1, -0.05) is 30.3 Å². The average molecular weight is 367 g/mol. The molecular weight excluding hydrogens is 338 g/mol. The molecule has 3 rings (SSSR count). The van der Waals surface area contributed by atoms with Gasteiger partial charge in [0.05, 0.1) is 13.2 Å². The number of nitrogens with zero attached hydrogens (tertiary/aromatic N) is 1. The van der Waals surface area contributed by atoms with Crippen LogP contribution in [0.2, 0.25) is 0 Å². The molecule has 0 radical (unpaired) electrons. The van der Waals surface area contributed by atoms with E-state index in [1.807, 2.05) is 30.3 Å². The Kier molecular flexibility index (Phi) is 6.97. The minimum Gasteiger partial charge on any atom is -0.508 e. The van der Waals surface area contributed by atoms with Crippen molar-refractivity contribution in [3.8, 4) is 11.5 Å². The normalized spacial score (nSPS) is 14.0. The second-order valence-corrected chi connectivity index (χ2v) is 6.90. The third-order valence-electron chi connectivity index (χ3n) is 4.51. The molecule has 0 heterocycles. The van der Waals surface area contributed by atoms with Gasteiger partial charge in [-0.25, -0.2) is 4.99 Å². The quantitative estimate of drug-likeness (QED) is 0.469. The van der Waals surface area contributed by atoms with E-state index in [1.165, 1.54) is 12.8 Å². The van der Waals surface area contributed by atoms with E-state index in [0.717, 1.165) is 54.9 Å². The van der Waals surface area contributed by atoms with Gasteiger partial charge in [0.25, 0.3) is 0 Å². The second-order valence-electron chi connectivity index (χ2n) is 6.90. The summed E-state index contributed by atoms with van der Waals surface area (Å²) in [6.07, 6.45) is 3.39. The Bertz CT molecular complexity index is 757. The fourth-order valence-electron chi connectivity index (χ4n) is 2.81. The van der Waals surface area contributed by atoms with E-state index < -0.39 is 0 Å². The Labute approximate surface area is 161 Å². The number of hydrogen-bond acceptors (Lipinski definition) is 3. The number of phenolic OH excluding ortho intramolecular Hbond substituents is 1. The van der Waals surface area contributed by atoms with Crippen LogP contribution >= 0.6 is 0 Å². The molecule has 2 aromatic rings. The first-order chi connectivity index (χ1) is 13.2. The first kappa shape index (κ1) is 19.1. The third-order valence-corrected chi connectivity index (χ3v) is 4.51. The van der Waals surface area contributed by atoms with E-state index in [2.05, 4.69) is 23.6 Å². The predicted molar refractivity (Wildman–Crippen MR) is 109 cm³/mol. The van der Waals surface area contributed by atoms with Gasteiger partial charge in [0.15, 0.2) is 5.96 Å². The maximum absolute atomic E-state index is 9.56. The largest absolute Gasteiger partial charge is 0.508 e. The zero-order chi connectivity index (χ0) is 18.9. The van der Waals surface area contributed by atoms with Crippen LogP contribution in [0.1, 0.15) is 30.9 Å². The monoisotopic (exact) mass is 367 g/mol. The number of hydrogen-bond donors (Lipinski definition) is 3. The lowest BCUT2D eigenvalue weighted by atomic mass is 10.1. The number of para-hydroxylation sites is 1. The van der Waals surface area contributed by atoms with Crippen molar-refractivity contribution in [2.45, 2.75) is 32.7 Å². The molecule has 2 aromatic carbocycles. The second kappa shape index (κ2) is 9.86. The van der Waals surface area contributed by atoms with E-state index >= 15 is 0 Å². The summed E-state index contributed by atoms with van der Waals surface area (Å²) in [5, 5.41) is 16.2. The predicted octanol–water partition coefficient (Wildman–Crippen LogP) is 3.48. The lowest BCUT2D eigenvalue weighted by Crippen LogP contribution is -2.38. The average Bonchev–Trinajstić information content (AvgIpc) is 3.50. The standard InChI is InChI=1S/C22H29N3O2/c1-2-23-22(24-13-12-17-6-5-8-20(26)14-17)25-15-19-7-3-4-9-21(19)27-16-18-10-11-18/h3-9,14,18,26H,2,10-13,15-16H2,1H3,(H2,23,24,25). The number of guanidine groups is 1. The maximum Gasteiger partial charge on any atom is 0.191 e. The smallest absolute Gasteiger partial charge is 0.191 e. The van der Waals surface area contributed by atoms with Crippen molar-refractivity contribution in [1.82, 2.24) is 10.6 Å². The Morgan fingerprint density at radius 2 is 2.00 bits per heavy atom. The van der Waals surface area contributed by atoms with Crippen molar-refractivity contribution in [2.24, 2.45) is 10.9 Å². The molecule has 1 aliphatic carbocycles. The molecular formula is C22H29N3O2. The van der Waals surface area contributed by atoms with Crippen molar-refractivity contribution < 1.29 is 9.84 Å². The van der Waals surface area contributed by atoms with Gasteiger partial charge in [0.2, 0.25) is 0 Å². The van der Waals surface area contributed by atoms with Crippen molar-refractivity contribution in [3.63, 3.8) is 0 Å². The zero-order valence-corrected chi connectivity index (χ0v) is 15.9. The first-order valence-corrected chi connectivity index (χ1v) is 9.75. The lowest BCUT2D eigenvalue weighted by Gasteiger charge is -2.13. The van der Waals surface area contributed by atoms with E-state index in [-0.39, 0.29) is 0 Å². The van der Waals surface area contributed by atoms with Crippen LogP contribution in [-0.2, 0) is 13.0 Å². The number of nitrogens with one attached hydrogen (secondary N) is 2. The summed E-state index contributed by atoms with van der Waals surface area (Å²) in [7, 11) is 0. The molecule has 5 heteroatoms. The number of ether oxygens (including phenoxy) is 1. The number of benzene rings is 2. The molecule has 0 saturated heterocycles. The van der Waals surface area contributed by atoms with Crippen LogP contribution in [0.15, 0.2) is 53.5 Å².